The van der Waals surface area contributed by atoms with Crippen molar-refractivity contribution in [1.82, 2.24) is 4.31 Å². The van der Waals surface area contributed by atoms with E-state index in [-0.39, 0.29) is 10.8 Å². The number of benzene rings is 1. The number of rotatable bonds is 6. The average molecular weight is 354 g/mol. The van der Waals surface area contributed by atoms with Crippen molar-refractivity contribution in [2.45, 2.75) is 11.8 Å². The molecule has 0 bridgehead atoms. The van der Waals surface area contributed by atoms with E-state index in [4.69, 9.17) is 14.7 Å². The molecule has 1 atom stereocenters. The Morgan fingerprint density at radius 1 is 1.29 bits per heavy atom. The number of piperazine rings is 1. The molecule has 132 valence electrons. The topological polar surface area (TPSA) is 84.1 Å². The summed E-state index contributed by atoms with van der Waals surface area (Å²) < 4.78 is 37.7. The van der Waals surface area contributed by atoms with E-state index in [1.165, 1.54) is 29.5 Å². The Kier molecular flexibility index (Phi) is 6.04. The van der Waals surface area contributed by atoms with Gasteiger partial charge in [-0.15, -0.1) is 0 Å². The summed E-state index contributed by atoms with van der Waals surface area (Å²) in [6.07, 6.45) is 0. The first kappa shape index (κ1) is 18.5. The highest BCUT2D eigenvalue weighted by atomic mass is 32.2. The second-order valence-corrected chi connectivity index (χ2v) is 7.81. The molecule has 0 amide bonds. The number of hydrogen-bond donors (Lipinski definition) is 1. The summed E-state index contributed by atoms with van der Waals surface area (Å²) in [5.74, 6) is 0.756. The molecule has 0 unspecified atom stereocenters. The van der Waals surface area contributed by atoms with Gasteiger partial charge in [0.15, 0.2) is 0 Å². The van der Waals surface area contributed by atoms with Crippen LogP contribution in [-0.2, 0) is 10.0 Å². The monoisotopic (exact) mass is 354 g/mol. The minimum absolute atomic E-state index is 0.0263. The number of methoxy groups -OCH3 is 2. The first-order chi connectivity index (χ1) is 11.4. The number of ether oxygens (including phenoxy) is 2. The Labute approximate surface area is 143 Å². The lowest BCUT2D eigenvalue weighted by Gasteiger charge is -2.32. The summed E-state index contributed by atoms with van der Waals surface area (Å²) in [5, 5.41) is 8.91. The molecule has 7 nitrogen and oxygen atoms in total. The minimum atomic E-state index is -3.64. The van der Waals surface area contributed by atoms with Crippen LogP contribution < -0.4 is 14.4 Å². The third kappa shape index (κ3) is 3.98. The molecule has 1 aliphatic rings. The Hall–Kier alpha value is -1.82. The summed E-state index contributed by atoms with van der Waals surface area (Å²) in [7, 11) is -0.698. The summed E-state index contributed by atoms with van der Waals surface area (Å²) in [4.78, 5) is 1.38. The molecule has 1 N–H and O–H groups in total. The van der Waals surface area contributed by atoms with Crippen LogP contribution in [0.3, 0.4) is 0 Å². The second-order valence-electron chi connectivity index (χ2n) is 5.91. The number of nitriles is 1. The maximum atomic E-state index is 12.9. The lowest BCUT2D eigenvalue weighted by atomic mass is 10.2. The van der Waals surface area contributed by atoms with Crippen molar-refractivity contribution in [3.05, 3.63) is 18.2 Å². The van der Waals surface area contributed by atoms with Crippen molar-refractivity contribution < 1.29 is 22.8 Å². The Bertz CT molecular complexity index is 707. The largest absolute Gasteiger partial charge is 0.497 e. The number of sulfonamides is 1. The Morgan fingerprint density at radius 3 is 2.50 bits per heavy atom. The fraction of sp³-hybridized carbons (Fsp3) is 0.562. The van der Waals surface area contributed by atoms with Crippen molar-refractivity contribution in [3.63, 3.8) is 0 Å². The zero-order valence-corrected chi connectivity index (χ0v) is 15.1. The quantitative estimate of drug-likeness (QED) is 0.762. The second kappa shape index (κ2) is 7.83. The zero-order valence-electron chi connectivity index (χ0n) is 14.3. The standard InChI is InChI=1S/C16H23N3O4S/c1-13(11-17)12-18-6-8-19(9-7-18)24(20,21)16-10-14(22-2)4-5-15(16)23-3/h4-5,10,13H,6-9,12H2,1-3H3/p+1/t13-/m0/s1. The third-order valence-electron chi connectivity index (χ3n) is 4.23. The smallest absolute Gasteiger partial charge is 0.247 e. The zero-order chi connectivity index (χ0) is 17.7. The van der Waals surface area contributed by atoms with E-state index >= 15 is 0 Å². The van der Waals surface area contributed by atoms with Gasteiger partial charge in [0, 0.05) is 6.07 Å². The summed E-state index contributed by atoms with van der Waals surface area (Å²) in [6.45, 7) is 4.87. The van der Waals surface area contributed by atoms with E-state index in [0.29, 0.717) is 37.7 Å². The highest BCUT2D eigenvalue weighted by Crippen LogP contribution is 2.30. The molecular formula is C16H24N3O4S+. The van der Waals surface area contributed by atoms with Gasteiger partial charge >= 0.3 is 0 Å². The van der Waals surface area contributed by atoms with E-state index in [1.807, 2.05) is 6.92 Å². The van der Waals surface area contributed by atoms with Crippen molar-refractivity contribution in [3.8, 4) is 17.6 Å². The molecule has 0 radical (unpaired) electrons. The van der Waals surface area contributed by atoms with Gasteiger partial charge in [0.25, 0.3) is 0 Å². The molecule has 1 aromatic carbocycles. The average Bonchev–Trinajstić information content (AvgIpc) is 2.61. The molecular weight excluding hydrogens is 330 g/mol. The van der Waals surface area contributed by atoms with Crippen molar-refractivity contribution >= 4 is 10.0 Å². The molecule has 0 aromatic heterocycles. The van der Waals surface area contributed by atoms with Crippen LogP contribution >= 0.6 is 0 Å². The van der Waals surface area contributed by atoms with E-state index in [1.54, 1.807) is 12.1 Å². The predicted octanol–water partition coefficient (Wildman–Crippen LogP) is -0.247. The molecule has 0 spiro atoms. The highest BCUT2D eigenvalue weighted by molar-refractivity contribution is 7.89. The van der Waals surface area contributed by atoms with Crippen molar-refractivity contribution in [2.75, 3.05) is 46.9 Å². The SMILES string of the molecule is COc1ccc(OC)c(S(=O)(=O)N2CC[NH+](C[C@@H](C)C#N)CC2)c1. The van der Waals surface area contributed by atoms with Gasteiger partial charge in [-0.05, 0) is 19.1 Å². The van der Waals surface area contributed by atoms with Crippen LogP contribution in [0.1, 0.15) is 6.92 Å². The number of nitrogens with one attached hydrogen (secondary N) is 1. The van der Waals surface area contributed by atoms with Crippen molar-refractivity contribution in [1.29, 1.82) is 5.26 Å². The molecule has 24 heavy (non-hydrogen) atoms. The summed E-state index contributed by atoms with van der Waals surface area (Å²) in [6, 6.07) is 6.98. The first-order valence-corrected chi connectivity index (χ1v) is 9.31. The Morgan fingerprint density at radius 2 is 1.96 bits per heavy atom. The first-order valence-electron chi connectivity index (χ1n) is 7.87. The van der Waals surface area contributed by atoms with Gasteiger partial charge in [0.05, 0.1) is 58.9 Å². The fourth-order valence-electron chi connectivity index (χ4n) is 2.85. The van der Waals surface area contributed by atoms with Crippen LogP contribution in [0.5, 0.6) is 11.5 Å². The van der Waals surface area contributed by atoms with Gasteiger partial charge < -0.3 is 14.4 Å². The molecule has 1 aromatic rings. The predicted molar refractivity (Wildman–Crippen MR) is 88.6 cm³/mol. The minimum Gasteiger partial charge on any atom is -0.497 e. The highest BCUT2D eigenvalue weighted by Gasteiger charge is 2.33. The van der Waals surface area contributed by atoms with Crippen LogP contribution in [0, 0.1) is 17.2 Å². The van der Waals surface area contributed by atoms with Crippen LogP contribution in [0.15, 0.2) is 23.1 Å². The van der Waals surface area contributed by atoms with E-state index < -0.39 is 10.0 Å². The van der Waals surface area contributed by atoms with E-state index in [2.05, 4.69) is 6.07 Å². The number of nitrogens with zero attached hydrogens (tertiary/aromatic N) is 2. The lowest BCUT2D eigenvalue weighted by molar-refractivity contribution is -0.905. The number of quaternary nitrogens is 1. The third-order valence-corrected chi connectivity index (χ3v) is 6.15. The van der Waals surface area contributed by atoms with Crippen LogP contribution in [0.2, 0.25) is 0 Å². The van der Waals surface area contributed by atoms with Crippen LogP contribution in [-0.4, -0.2) is 59.7 Å². The van der Waals surface area contributed by atoms with Crippen molar-refractivity contribution in [2.24, 2.45) is 5.92 Å². The molecule has 1 fully saturated rings. The van der Waals surface area contributed by atoms with Gasteiger partial charge in [-0.25, -0.2) is 8.42 Å². The molecule has 2 rings (SSSR count). The van der Waals surface area contributed by atoms with E-state index in [9.17, 15) is 8.42 Å². The maximum Gasteiger partial charge on any atom is 0.247 e. The molecule has 0 aliphatic carbocycles. The van der Waals surface area contributed by atoms with Gasteiger partial charge in [-0.1, -0.05) is 0 Å². The molecule has 8 heteroatoms. The summed E-state index contributed by atoms with van der Waals surface area (Å²) >= 11 is 0. The Balaban J connectivity index is 2.16. The molecule has 1 aliphatic heterocycles. The maximum absolute atomic E-state index is 12.9. The van der Waals surface area contributed by atoms with Crippen LogP contribution in [0.25, 0.3) is 0 Å². The fourth-order valence-corrected chi connectivity index (χ4v) is 4.46. The molecule has 1 saturated heterocycles. The number of hydrogen-bond acceptors (Lipinski definition) is 5. The lowest BCUT2D eigenvalue weighted by Crippen LogP contribution is -3.15. The van der Waals surface area contributed by atoms with Gasteiger partial charge in [-0.3, -0.25) is 0 Å². The normalized spacial score (nSPS) is 17.9. The van der Waals surface area contributed by atoms with E-state index in [0.717, 1.165) is 6.54 Å². The van der Waals surface area contributed by atoms with Gasteiger partial charge in [0.2, 0.25) is 10.0 Å². The van der Waals surface area contributed by atoms with Crippen LogP contribution in [0.4, 0.5) is 0 Å². The molecule has 0 saturated carbocycles. The van der Waals surface area contributed by atoms with Gasteiger partial charge in [0.1, 0.15) is 16.4 Å². The molecule has 1 heterocycles. The summed E-state index contributed by atoms with van der Waals surface area (Å²) in [5.41, 5.74) is 0. The van der Waals surface area contributed by atoms with Gasteiger partial charge in [-0.2, -0.15) is 9.57 Å².